The van der Waals surface area contributed by atoms with E-state index >= 15 is 0 Å². The maximum atomic E-state index is 2.59. The van der Waals surface area contributed by atoms with Crippen molar-refractivity contribution in [2.24, 2.45) is 23.7 Å². The molecule has 3 aliphatic carbocycles. The molecule has 9 rings (SSSR count). The minimum absolute atomic E-state index is 0.0574. The van der Waals surface area contributed by atoms with E-state index in [2.05, 4.69) is 170 Å². The first-order valence-electron chi connectivity index (χ1n) is 17.9. The molecule has 1 nitrogen and oxygen atoms in total. The van der Waals surface area contributed by atoms with Gasteiger partial charge >= 0.3 is 0 Å². The molecular formula is C47H43N. The smallest absolute Gasteiger partial charge is 0.0467 e. The van der Waals surface area contributed by atoms with Crippen LogP contribution in [0.1, 0.15) is 50.7 Å². The Bertz CT molecular complexity index is 2070. The highest BCUT2D eigenvalue weighted by Gasteiger charge is 2.56. The fourth-order valence-corrected chi connectivity index (χ4v) is 10.2. The Morgan fingerprint density at radius 1 is 0.458 bits per heavy atom. The van der Waals surface area contributed by atoms with E-state index in [-0.39, 0.29) is 5.41 Å². The van der Waals surface area contributed by atoms with Gasteiger partial charge in [0.2, 0.25) is 0 Å². The molecule has 2 fully saturated rings. The van der Waals surface area contributed by atoms with Gasteiger partial charge in [-0.2, -0.15) is 0 Å². The Morgan fingerprint density at radius 2 is 1.06 bits per heavy atom. The summed E-state index contributed by atoms with van der Waals surface area (Å²) in [5.41, 5.74) is 14.6. The van der Waals surface area contributed by atoms with E-state index in [1.54, 1.807) is 11.1 Å². The Hall–Kier alpha value is -4.88. The molecule has 6 aromatic rings. The minimum Gasteiger partial charge on any atom is -0.310 e. The van der Waals surface area contributed by atoms with Crippen LogP contribution < -0.4 is 4.90 Å². The number of hydrogen-bond donors (Lipinski definition) is 0. The lowest BCUT2D eigenvalue weighted by atomic mass is 9.49. The summed E-state index contributed by atoms with van der Waals surface area (Å²) in [4.78, 5) is 2.48. The van der Waals surface area contributed by atoms with Crippen molar-refractivity contribution in [3.8, 4) is 33.4 Å². The molecule has 236 valence electrons. The summed E-state index contributed by atoms with van der Waals surface area (Å²) >= 11 is 0. The Morgan fingerprint density at radius 3 is 1.83 bits per heavy atom. The predicted molar refractivity (Wildman–Crippen MR) is 202 cm³/mol. The maximum absolute atomic E-state index is 2.59. The normalized spacial score (nSPS) is 23.8. The Labute approximate surface area is 285 Å². The first-order valence-corrected chi connectivity index (χ1v) is 17.9. The van der Waals surface area contributed by atoms with Crippen molar-refractivity contribution in [1.29, 1.82) is 0 Å². The second-order valence-corrected chi connectivity index (χ2v) is 14.8. The summed E-state index contributed by atoms with van der Waals surface area (Å²) in [6.07, 6.45) is 5.40. The van der Waals surface area contributed by atoms with Crippen LogP contribution in [-0.2, 0) is 5.41 Å². The first-order chi connectivity index (χ1) is 23.6. The van der Waals surface area contributed by atoms with Gasteiger partial charge in [0, 0.05) is 22.5 Å². The van der Waals surface area contributed by atoms with Gasteiger partial charge in [-0.1, -0.05) is 129 Å². The largest absolute Gasteiger partial charge is 0.310 e. The van der Waals surface area contributed by atoms with Crippen LogP contribution in [-0.4, -0.2) is 0 Å². The van der Waals surface area contributed by atoms with Crippen molar-refractivity contribution in [2.75, 3.05) is 4.90 Å². The average molecular weight is 622 g/mol. The molecule has 5 atom stereocenters. The van der Waals surface area contributed by atoms with Crippen molar-refractivity contribution in [3.63, 3.8) is 0 Å². The average Bonchev–Trinajstić information content (AvgIpc) is 3.42. The molecule has 6 aromatic carbocycles. The van der Waals surface area contributed by atoms with Crippen LogP contribution >= 0.6 is 0 Å². The second kappa shape index (κ2) is 11.7. The predicted octanol–water partition coefficient (Wildman–Crippen LogP) is 12.8. The Kier molecular flexibility index (Phi) is 7.12. The highest BCUT2D eigenvalue weighted by Crippen LogP contribution is 2.65. The SMILES string of the molecule is C[C@H]1C[C@@H]2C[C@H](C1)C1(c3ccccc3-c3ccc(N(c4ccc(-c5ccccc5)cc4)c4cccc(-c5ccccc5)c4)cc31)[C@H](C)C2. The molecule has 3 aliphatic rings. The third-order valence-corrected chi connectivity index (χ3v) is 12.0. The van der Waals surface area contributed by atoms with Gasteiger partial charge in [-0.3, -0.25) is 0 Å². The van der Waals surface area contributed by atoms with Gasteiger partial charge in [0.1, 0.15) is 0 Å². The highest BCUT2D eigenvalue weighted by molar-refractivity contribution is 5.87. The molecule has 2 bridgehead atoms. The molecule has 2 saturated carbocycles. The Balaban J connectivity index is 1.23. The number of hydrogen-bond acceptors (Lipinski definition) is 1. The van der Waals surface area contributed by atoms with Crippen molar-refractivity contribution >= 4 is 17.1 Å². The van der Waals surface area contributed by atoms with E-state index in [4.69, 9.17) is 0 Å². The van der Waals surface area contributed by atoms with Gasteiger partial charge in [0.05, 0.1) is 0 Å². The van der Waals surface area contributed by atoms with Crippen LogP contribution in [0, 0.1) is 23.7 Å². The van der Waals surface area contributed by atoms with Crippen LogP contribution in [0.4, 0.5) is 17.1 Å². The lowest BCUT2D eigenvalue weighted by molar-refractivity contribution is 0.0426. The van der Waals surface area contributed by atoms with E-state index in [0.717, 1.165) is 11.8 Å². The minimum atomic E-state index is 0.0574. The summed E-state index contributed by atoms with van der Waals surface area (Å²) in [5.74, 6) is 2.93. The number of benzene rings is 6. The summed E-state index contributed by atoms with van der Waals surface area (Å²) < 4.78 is 0. The molecule has 0 aliphatic heterocycles. The van der Waals surface area contributed by atoms with Crippen molar-refractivity contribution in [2.45, 2.75) is 44.9 Å². The molecule has 0 radical (unpaired) electrons. The van der Waals surface area contributed by atoms with E-state index in [1.807, 2.05) is 0 Å². The maximum Gasteiger partial charge on any atom is 0.0467 e. The van der Waals surface area contributed by atoms with Crippen molar-refractivity contribution < 1.29 is 0 Å². The lowest BCUT2D eigenvalue weighted by Gasteiger charge is -2.54. The van der Waals surface area contributed by atoms with E-state index < -0.39 is 0 Å². The van der Waals surface area contributed by atoms with Crippen LogP contribution in [0.15, 0.2) is 152 Å². The summed E-state index contributed by atoms with van der Waals surface area (Å²) in [6.45, 7) is 5.07. The standard InChI is InChI=1S/C47H43N/c1-32-26-34-28-33(2)47(39(27-32)29-34)45-19-10-9-18-43(45)44-25-24-42(31-46(44)47)48(40-22-20-37(21-23-40)35-12-5-3-6-13-35)41-17-11-16-38(30-41)36-14-7-4-8-15-36/h3-25,30-34,39H,26-29H2,1-2H3/t32-,33+,34-,39-,47?/m0/s1. The zero-order valence-corrected chi connectivity index (χ0v) is 28.0. The quantitative estimate of drug-likeness (QED) is 0.185. The van der Waals surface area contributed by atoms with Crippen LogP contribution in [0.25, 0.3) is 33.4 Å². The lowest BCUT2D eigenvalue weighted by Crippen LogP contribution is -2.49. The van der Waals surface area contributed by atoms with Crippen molar-refractivity contribution in [3.05, 3.63) is 163 Å². The highest BCUT2D eigenvalue weighted by atomic mass is 15.1. The molecule has 0 amide bonds. The van der Waals surface area contributed by atoms with Crippen molar-refractivity contribution in [1.82, 2.24) is 0 Å². The third kappa shape index (κ3) is 4.66. The first kappa shape index (κ1) is 29.3. The van der Waals surface area contributed by atoms with Gasteiger partial charge in [0.15, 0.2) is 0 Å². The fraction of sp³-hybridized carbons (Fsp3) is 0.234. The van der Waals surface area contributed by atoms with Gasteiger partial charge in [0.25, 0.3) is 0 Å². The zero-order chi connectivity index (χ0) is 32.2. The monoisotopic (exact) mass is 621 g/mol. The van der Waals surface area contributed by atoms with E-state index in [9.17, 15) is 0 Å². The summed E-state index contributed by atoms with van der Waals surface area (Å²) in [5, 5.41) is 0. The molecule has 0 N–H and O–H groups in total. The molecular weight excluding hydrogens is 579 g/mol. The topological polar surface area (TPSA) is 3.24 Å². The number of fused-ring (bicyclic) bond motifs is 8. The summed E-state index contributed by atoms with van der Waals surface area (Å²) in [7, 11) is 0. The summed E-state index contributed by atoms with van der Waals surface area (Å²) in [6, 6.07) is 56.4. The second-order valence-electron chi connectivity index (χ2n) is 14.8. The molecule has 0 saturated heterocycles. The number of anilines is 3. The molecule has 1 spiro atoms. The molecule has 0 heterocycles. The fourth-order valence-electron chi connectivity index (χ4n) is 10.2. The number of rotatable bonds is 5. The molecule has 1 unspecified atom stereocenters. The third-order valence-electron chi connectivity index (χ3n) is 12.0. The number of nitrogens with zero attached hydrogens (tertiary/aromatic N) is 1. The van der Waals surface area contributed by atoms with Gasteiger partial charge in [-0.25, -0.2) is 0 Å². The van der Waals surface area contributed by atoms with Gasteiger partial charge in [-0.15, -0.1) is 0 Å². The molecule has 48 heavy (non-hydrogen) atoms. The van der Waals surface area contributed by atoms with Crippen LogP contribution in [0.3, 0.4) is 0 Å². The molecule has 1 heteroatoms. The van der Waals surface area contributed by atoms with Crippen LogP contribution in [0.5, 0.6) is 0 Å². The molecule has 0 aromatic heterocycles. The van der Waals surface area contributed by atoms with E-state index in [1.165, 1.54) is 76.1 Å². The van der Waals surface area contributed by atoms with E-state index in [0.29, 0.717) is 11.8 Å². The zero-order valence-electron chi connectivity index (χ0n) is 28.0. The van der Waals surface area contributed by atoms with Gasteiger partial charge in [-0.05, 0) is 130 Å². The van der Waals surface area contributed by atoms with Gasteiger partial charge < -0.3 is 4.90 Å². The van der Waals surface area contributed by atoms with Crippen LogP contribution in [0.2, 0.25) is 0 Å².